The van der Waals surface area contributed by atoms with Gasteiger partial charge in [0.05, 0.1) is 12.8 Å². The minimum atomic E-state index is -1.52. The first-order valence-corrected chi connectivity index (χ1v) is 5.09. The third-order valence-electron chi connectivity index (χ3n) is 2.72. The van der Waals surface area contributed by atoms with Gasteiger partial charge in [-0.3, -0.25) is 14.3 Å². The molecule has 0 saturated carbocycles. The number of H-pyrrole nitrogens is 1. The molecule has 0 amide bonds. The average Bonchev–Trinajstić information content (AvgIpc) is 2.61. The fourth-order valence-corrected chi connectivity index (χ4v) is 1.76. The van der Waals surface area contributed by atoms with Gasteiger partial charge in [0.15, 0.2) is 6.23 Å². The normalized spacial score (nSPS) is 31.8. The van der Waals surface area contributed by atoms with Crippen molar-refractivity contribution < 1.29 is 24.4 Å². The summed E-state index contributed by atoms with van der Waals surface area (Å²) >= 11 is 0. The third-order valence-corrected chi connectivity index (χ3v) is 2.72. The number of hydrogen-bond donors (Lipinski definition) is 4. The molecular formula is C9H11FN2O6. The molecule has 0 aromatic carbocycles. The van der Waals surface area contributed by atoms with Gasteiger partial charge in [-0.05, 0) is 0 Å². The Hall–Kier alpha value is -1.55. The van der Waals surface area contributed by atoms with E-state index in [9.17, 15) is 24.2 Å². The lowest BCUT2D eigenvalue weighted by atomic mass is 10.1. The molecule has 1 aliphatic rings. The van der Waals surface area contributed by atoms with Crippen molar-refractivity contribution in [2.45, 2.75) is 24.5 Å². The number of hydrogen-bond acceptors (Lipinski definition) is 6. The maximum absolute atomic E-state index is 13.1. The SMILES string of the molecule is O=c1[nH]c(=O)n([C@@H]2O[C@H](CO)[C@H](O)C2O)cc1F. The molecule has 0 aliphatic carbocycles. The highest BCUT2D eigenvalue weighted by atomic mass is 19.1. The fourth-order valence-electron chi connectivity index (χ4n) is 1.76. The zero-order valence-electron chi connectivity index (χ0n) is 8.99. The summed E-state index contributed by atoms with van der Waals surface area (Å²) in [6.07, 6.45) is -4.84. The van der Waals surface area contributed by atoms with Crippen LogP contribution >= 0.6 is 0 Å². The number of aromatic nitrogens is 2. The van der Waals surface area contributed by atoms with Crippen LogP contribution in [0.4, 0.5) is 4.39 Å². The molecule has 1 aromatic rings. The first kappa shape index (κ1) is 12.9. The van der Waals surface area contributed by atoms with Crippen LogP contribution in [0.25, 0.3) is 0 Å². The Morgan fingerprint density at radius 1 is 1.39 bits per heavy atom. The first-order chi connectivity index (χ1) is 8.45. The monoisotopic (exact) mass is 262 g/mol. The van der Waals surface area contributed by atoms with Gasteiger partial charge in [-0.15, -0.1) is 0 Å². The summed E-state index contributed by atoms with van der Waals surface area (Å²) in [6.45, 7) is -0.574. The van der Waals surface area contributed by atoms with Crippen LogP contribution in [0.1, 0.15) is 6.23 Å². The Labute approximate surface area is 98.9 Å². The number of rotatable bonds is 2. The molecule has 1 aromatic heterocycles. The lowest BCUT2D eigenvalue weighted by Crippen LogP contribution is -2.38. The molecule has 4 atom stereocenters. The molecule has 0 spiro atoms. The maximum atomic E-state index is 13.1. The molecule has 1 saturated heterocycles. The molecule has 9 heteroatoms. The second kappa shape index (κ2) is 4.61. The van der Waals surface area contributed by atoms with E-state index in [1.165, 1.54) is 0 Å². The first-order valence-electron chi connectivity index (χ1n) is 5.09. The van der Waals surface area contributed by atoms with E-state index in [1.807, 2.05) is 0 Å². The zero-order valence-corrected chi connectivity index (χ0v) is 8.99. The lowest BCUT2D eigenvalue weighted by molar-refractivity contribution is -0.0554. The predicted octanol–water partition coefficient (Wildman–Crippen LogP) is -2.71. The van der Waals surface area contributed by atoms with Crippen molar-refractivity contribution in [3.05, 3.63) is 32.9 Å². The second-order valence-electron chi connectivity index (χ2n) is 3.87. The summed E-state index contributed by atoms with van der Waals surface area (Å²) in [5, 5.41) is 28.0. The smallest absolute Gasteiger partial charge is 0.330 e. The van der Waals surface area contributed by atoms with E-state index >= 15 is 0 Å². The largest absolute Gasteiger partial charge is 0.394 e. The Balaban J connectivity index is 2.42. The molecule has 100 valence electrons. The molecule has 18 heavy (non-hydrogen) atoms. The van der Waals surface area contributed by atoms with Gasteiger partial charge in [-0.2, -0.15) is 4.39 Å². The van der Waals surface area contributed by atoms with Crippen molar-refractivity contribution >= 4 is 0 Å². The van der Waals surface area contributed by atoms with Gasteiger partial charge in [-0.25, -0.2) is 4.79 Å². The topological polar surface area (TPSA) is 125 Å². The molecule has 0 radical (unpaired) electrons. The number of aromatic amines is 1. The van der Waals surface area contributed by atoms with Crippen LogP contribution in [0.3, 0.4) is 0 Å². The van der Waals surface area contributed by atoms with Crippen LogP contribution in [0.5, 0.6) is 0 Å². The minimum Gasteiger partial charge on any atom is -0.394 e. The number of ether oxygens (including phenoxy) is 1. The summed E-state index contributed by atoms with van der Waals surface area (Å²) in [7, 11) is 0. The molecule has 2 rings (SSSR count). The van der Waals surface area contributed by atoms with Crippen molar-refractivity contribution in [2.75, 3.05) is 6.61 Å². The van der Waals surface area contributed by atoms with Gasteiger partial charge < -0.3 is 20.1 Å². The summed E-state index contributed by atoms with van der Waals surface area (Å²) in [6, 6.07) is 0. The molecule has 1 unspecified atom stereocenters. The number of nitrogens with one attached hydrogen (secondary N) is 1. The van der Waals surface area contributed by atoms with E-state index in [0.29, 0.717) is 10.8 Å². The van der Waals surface area contributed by atoms with Gasteiger partial charge in [0, 0.05) is 0 Å². The van der Waals surface area contributed by atoms with Crippen molar-refractivity contribution in [2.24, 2.45) is 0 Å². The molecule has 0 bridgehead atoms. The fraction of sp³-hybridized carbons (Fsp3) is 0.556. The zero-order chi connectivity index (χ0) is 13.4. The number of nitrogens with zero attached hydrogens (tertiary/aromatic N) is 1. The lowest BCUT2D eigenvalue weighted by Gasteiger charge is -2.16. The van der Waals surface area contributed by atoms with Crippen molar-refractivity contribution in [3.8, 4) is 0 Å². The molecule has 2 heterocycles. The molecular weight excluding hydrogens is 251 g/mol. The second-order valence-corrected chi connectivity index (χ2v) is 3.87. The Morgan fingerprint density at radius 2 is 2.06 bits per heavy atom. The van der Waals surface area contributed by atoms with Crippen LogP contribution in [0.15, 0.2) is 15.8 Å². The van der Waals surface area contributed by atoms with Crippen LogP contribution < -0.4 is 11.2 Å². The Morgan fingerprint density at radius 3 is 2.61 bits per heavy atom. The Bertz CT molecular complexity index is 555. The van der Waals surface area contributed by atoms with Gasteiger partial charge in [-0.1, -0.05) is 0 Å². The van der Waals surface area contributed by atoms with E-state index in [4.69, 9.17) is 9.84 Å². The van der Waals surface area contributed by atoms with Crippen LogP contribution in [-0.4, -0.2) is 49.8 Å². The Kier molecular flexibility index (Phi) is 3.30. The third kappa shape index (κ3) is 1.97. The van der Waals surface area contributed by atoms with Crippen LogP contribution in [0.2, 0.25) is 0 Å². The highest BCUT2D eigenvalue weighted by molar-refractivity contribution is 4.94. The highest BCUT2D eigenvalue weighted by Gasteiger charge is 2.43. The summed E-state index contributed by atoms with van der Waals surface area (Å²) in [5.74, 6) is -1.23. The van der Waals surface area contributed by atoms with Gasteiger partial charge in [0.1, 0.15) is 18.3 Å². The van der Waals surface area contributed by atoms with E-state index in [0.717, 1.165) is 0 Å². The number of aliphatic hydroxyl groups is 3. The van der Waals surface area contributed by atoms with Crippen molar-refractivity contribution in [1.82, 2.24) is 9.55 Å². The van der Waals surface area contributed by atoms with Crippen molar-refractivity contribution in [1.29, 1.82) is 0 Å². The molecule has 4 N–H and O–H groups in total. The standard InChI is InChI=1S/C9H11FN2O6/c10-3-1-12(9(17)11-7(3)16)8-6(15)5(14)4(2-13)18-8/h1,4-6,8,13-15H,2H2,(H,11,16,17)/t4-,5+,6?,8-/m1/s1. The van der Waals surface area contributed by atoms with Gasteiger partial charge >= 0.3 is 5.69 Å². The predicted molar refractivity (Wildman–Crippen MR) is 54.3 cm³/mol. The molecule has 8 nitrogen and oxygen atoms in total. The van der Waals surface area contributed by atoms with E-state index in [1.54, 1.807) is 4.98 Å². The maximum Gasteiger partial charge on any atom is 0.330 e. The van der Waals surface area contributed by atoms with Gasteiger partial charge in [0.25, 0.3) is 5.56 Å². The minimum absolute atomic E-state index is 0.571. The van der Waals surface area contributed by atoms with Crippen LogP contribution in [0, 0.1) is 5.82 Å². The quantitative estimate of drug-likeness (QED) is 0.459. The number of aliphatic hydroxyl groups excluding tert-OH is 3. The summed E-state index contributed by atoms with van der Waals surface area (Å²) < 4.78 is 18.7. The average molecular weight is 262 g/mol. The van der Waals surface area contributed by atoms with E-state index in [2.05, 4.69) is 0 Å². The molecule has 1 fully saturated rings. The summed E-state index contributed by atoms with van der Waals surface area (Å²) in [4.78, 5) is 24.0. The highest BCUT2D eigenvalue weighted by Crippen LogP contribution is 2.27. The van der Waals surface area contributed by atoms with Crippen LogP contribution in [-0.2, 0) is 4.74 Å². The molecule has 1 aliphatic heterocycles. The summed E-state index contributed by atoms with van der Waals surface area (Å²) in [5.41, 5.74) is -2.18. The number of halogens is 1. The van der Waals surface area contributed by atoms with E-state index < -0.39 is 48.2 Å². The van der Waals surface area contributed by atoms with Gasteiger partial charge in [0.2, 0.25) is 5.82 Å². The van der Waals surface area contributed by atoms with Crippen molar-refractivity contribution in [3.63, 3.8) is 0 Å². The van der Waals surface area contributed by atoms with E-state index in [-0.39, 0.29) is 0 Å².